The lowest BCUT2D eigenvalue weighted by Crippen LogP contribution is -2.27. The van der Waals surface area contributed by atoms with Gasteiger partial charge >= 0.3 is 0 Å². The minimum absolute atomic E-state index is 0.0445. The van der Waals surface area contributed by atoms with E-state index in [0.717, 1.165) is 27.5 Å². The Bertz CT molecular complexity index is 756. The summed E-state index contributed by atoms with van der Waals surface area (Å²) in [7, 11) is 0. The van der Waals surface area contributed by atoms with Gasteiger partial charge in [-0.2, -0.15) is 0 Å². The maximum absolute atomic E-state index is 11.9. The Labute approximate surface area is 128 Å². The molecule has 1 atom stereocenters. The fraction of sp³-hybridized carbons (Fsp3) is 0.231. The van der Waals surface area contributed by atoms with Gasteiger partial charge < -0.3 is 5.32 Å². The lowest BCUT2D eigenvalue weighted by molar-refractivity contribution is -0.122. The molecule has 3 amide bonds. The number of carbonyl (C=O) groups is 3. The second kappa shape index (κ2) is 5.45. The average molecular weight is 321 g/mol. The van der Waals surface area contributed by atoms with Crippen LogP contribution in [0.15, 0.2) is 18.2 Å². The molecule has 8 heteroatoms. The summed E-state index contributed by atoms with van der Waals surface area (Å²) in [6.07, 6.45) is -0.0445. The van der Waals surface area contributed by atoms with Gasteiger partial charge in [-0.3, -0.25) is 19.7 Å². The normalized spacial score (nSPS) is 18.0. The number of benzene rings is 1. The number of nitrogens with one attached hydrogen (secondary N) is 2. The smallest absolute Gasteiger partial charge is 0.286 e. The number of thiazole rings is 1. The summed E-state index contributed by atoms with van der Waals surface area (Å²) in [5.74, 6) is -0.742. The number of anilines is 1. The van der Waals surface area contributed by atoms with Crippen LogP contribution in [-0.2, 0) is 9.59 Å². The fourth-order valence-electron chi connectivity index (χ4n) is 1.95. The number of rotatable bonds is 3. The quantitative estimate of drug-likeness (QED) is 0.905. The van der Waals surface area contributed by atoms with Crippen LogP contribution < -0.4 is 10.6 Å². The molecule has 6 nitrogen and oxygen atoms in total. The Morgan fingerprint density at radius 2 is 2.24 bits per heavy atom. The van der Waals surface area contributed by atoms with Crippen molar-refractivity contribution >= 4 is 55.5 Å². The summed E-state index contributed by atoms with van der Waals surface area (Å²) >= 11 is 2.22. The maximum atomic E-state index is 11.9. The zero-order chi connectivity index (χ0) is 15.0. The number of nitrogens with zero attached hydrogens (tertiary/aromatic N) is 1. The van der Waals surface area contributed by atoms with Crippen LogP contribution in [0.1, 0.15) is 12.0 Å². The lowest BCUT2D eigenvalue weighted by Gasteiger charge is -2.04. The van der Waals surface area contributed by atoms with Crippen LogP contribution in [0.2, 0.25) is 0 Å². The molecule has 2 N–H and O–H groups in total. The summed E-state index contributed by atoms with van der Waals surface area (Å²) in [4.78, 5) is 38.7. The highest BCUT2D eigenvalue weighted by Gasteiger charge is 2.33. The molecule has 21 heavy (non-hydrogen) atoms. The predicted molar refractivity (Wildman–Crippen MR) is 82.5 cm³/mol. The molecule has 1 saturated heterocycles. The van der Waals surface area contributed by atoms with E-state index in [-0.39, 0.29) is 12.3 Å². The molecule has 1 fully saturated rings. The molecule has 0 unspecified atom stereocenters. The molecule has 0 radical (unpaired) electrons. The van der Waals surface area contributed by atoms with Crippen molar-refractivity contribution in [1.29, 1.82) is 0 Å². The van der Waals surface area contributed by atoms with Crippen molar-refractivity contribution in [3.63, 3.8) is 0 Å². The van der Waals surface area contributed by atoms with Crippen molar-refractivity contribution in [2.75, 3.05) is 5.32 Å². The van der Waals surface area contributed by atoms with Crippen LogP contribution in [0.5, 0.6) is 0 Å². The SMILES string of the molecule is Cc1ccc2nc(NC(=O)C[C@H]3SC(=O)NC3=O)sc2c1. The average Bonchev–Trinajstić information content (AvgIpc) is 2.91. The molecule has 0 saturated carbocycles. The molecule has 1 aliphatic heterocycles. The number of amides is 3. The number of imide groups is 1. The fourth-order valence-corrected chi connectivity index (χ4v) is 3.75. The number of hydrogen-bond acceptors (Lipinski definition) is 6. The molecule has 1 aromatic carbocycles. The van der Waals surface area contributed by atoms with Gasteiger partial charge in [0.05, 0.1) is 10.2 Å². The van der Waals surface area contributed by atoms with Gasteiger partial charge in [-0.1, -0.05) is 29.2 Å². The van der Waals surface area contributed by atoms with Crippen LogP contribution in [0.25, 0.3) is 10.2 Å². The Balaban J connectivity index is 1.68. The Hall–Kier alpha value is -1.93. The van der Waals surface area contributed by atoms with Crippen molar-refractivity contribution in [2.24, 2.45) is 0 Å². The number of aryl methyl sites for hydroxylation is 1. The number of hydrogen-bond donors (Lipinski definition) is 2. The summed E-state index contributed by atoms with van der Waals surface area (Å²) in [5, 5.41) is 4.26. The van der Waals surface area contributed by atoms with Gasteiger partial charge in [-0.25, -0.2) is 4.98 Å². The van der Waals surface area contributed by atoms with Gasteiger partial charge in [0.2, 0.25) is 11.8 Å². The number of fused-ring (bicyclic) bond motifs is 1. The van der Waals surface area contributed by atoms with Gasteiger partial charge in [0.25, 0.3) is 5.24 Å². The lowest BCUT2D eigenvalue weighted by atomic mass is 10.2. The Morgan fingerprint density at radius 3 is 2.95 bits per heavy atom. The van der Waals surface area contributed by atoms with E-state index in [0.29, 0.717) is 5.13 Å². The zero-order valence-corrected chi connectivity index (χ0v) is 12.6. The van der Waals surface area contributed by atoms with Gasteiger partial charge in [0, 0.05) is 6.42 Å². The van der Waals surface area contributed by atoms with Crippen molar-refractivity contribution in [1.82, 2.24) is 10.3 Å². The third-order valence-corrected chi connectivity index (χ3v) is 4.84. The summed E-state index contributed by atoms with van der Waals surface area (Å²) in [6, 6.07) is 5.86. The number of thioether (sulfide) groups is 1. The monoisotopic (exact) mass is 321 g/mol. The minimum Gasteiger partial charge on any atom is -0.302 e. The second-order valence-electron chi connectivity index (χ2n) is 4.63. The van der Waals surface area contributed by atoms with Gasteiger partial charge in [0.15, 0.2) is 5.13 Å². The van der Waals surface area contributed by atoms with Crippen molar-refractivity contribution in [2.45, 2.75) is 18.6 Å². The first-order valence-corrected chi connectivity index (χ1v) is 7.89. The van der Waals surface area contributed by atoms with Crippen molar-refractivity contribution in [3.05, 3.63) is 23.8 Å². The maximum Gasteiger partial charge on any atom is 0.286 e. The first-order chi connectivity index (χ1) is 10.0. The highest BCUT2D eigenvalue weighted by molar-refractivity contribution is 8.15. The summed E-state index contributed by atoms with van der Waals surface area (Å²) in [5.41, 5.74) is 1.95. The largest absolute Gasteiger partial charge is 0.302 e. The third-order valence-electron chi connectivity index (χ3n) is 2.93. The van der Waals surface area contributed by atoms with E-state index in [4.69, 9.17) is 0 Å². The molecule has 108 valence electrons. The van der Waals surface area contributed by atoms with E-state index >= 15 is 0 Å². The van der Waals surface area contributed by atoms with Crippen LogP contribution >= 0.6 is 23.1 Å². The van der Waals surface area contributed by atoms with Crippen molar-refractivity contribution < 1.29 is 14.4 Å². The Kier molecular flexibility index (Phi) is 3.64. The van der Waals surface area contributed by atoms with E-state index in [1.54, 1.807) is 0 Å². The molecule has 3 rings (SSSR count). The van der Waals surface area contributed by atoms with Crippen LogP contribution in [0.3, 0.4) is 0 Å². The van der Waals surface area contributed by atoms with Crippen LogP contribution in [-0.4, -0.2) is 27.3 Å². The molecule has 0 aliphatic carbocycles. The Morgan fingerprint density at radius 1 is 1.43 bits per heavy atom. The standard InChI is InChI=1S/C13H11N3O3S2/c1-6-2-3-7-8(4-6)20-12(14-7)15-10(17)5-9-11(18)16-13(19)21-9/h2-4,9H,5H2,1H3,(H,14,15,17)(H,16,18,19)/t9-/m1/s1. The van der Waals surface area contributed by atoms with Gasteiger partial charge in [0.1, 0.15) is 5.25 Å². The molecule has 1 aliphatic rings. The van der Waals surface area contributed by atoms with E-state index < -0.39 is 16.4 Å². The molecular formula is C13H11N3O3S2. The summed E-state index contributed by atoms with van der Waals surface area (Å²) < 4.78 is 0.994. The van der Waals surface area contributed by atoms with Crippen molar-refractivity contribution in [3.8, 4) is 0 Å². The molecule has 2 heterocycles. The summed E-state index contributed by atoms with van der Waals surface area (Å²) in [6.45, 7) is 1.99. The highest BCUT2D eigenvalue weighted by Crippen LogP contribution is 2.27. The predicted octanol–water partition coefficient (Wildman–Crippen LogP) is 2.28. The van der Waals surface area contributed by atoms with Crippen LogP contribution in [0.4, 0.5) is 9.93 Å². The van der Waals surface area contributed by atoms with Crippen LogP contribution in [0, 0.1) is 6.92 Å². The van der Waals surface area contributed by atoms with E-state index in [1.165, 1.54) is 11.3 Å². The number of aromatic nitrogens is 1. The minimum atomic E-state index is -0.658. The van der Waals surface area contributed by atoms with Gasteiger partial charge in [-0.05, 0) is 24.6 Å². The second-order valence-corrected chi connectivity index (χ2v) is 6.83. The molecule has 0 spiro atoms. The van der Waals surface area contributed by atoms with E-state index in [9.17, 15) is 14.4 Å². The highest BCUT2D eigenvalue weighted by atomic mass is 32.2. The van der Waals surface area contributed by atoms with E-state index in [1.807, 2.05) is 25.1 Å². The molecular weight excluding hydrogens is 310 g/mol. The van der Waals surface area contributed by atoms with E-state index in [2.05, 4.69) is 15.6 Å². The number of carbonyl (C=O) groups excluding carboxylic acids is 3. The molecule has 0 bridgehead atoms. The first kappa shape index (κ1) is 14.0. The topological polar surface area (TPSA) is 88.2 Å². The first-order valence-electron chi connectivity index (χ1n) is 6.20. The zero-order valence-electron chi connectivity index (χ0n) is 11.0. The molecule has 1 aromatic heterocycles. The third kappa shape index (κ3) is 3.06. The van der Waals surface area contributed by atoms with Gasteiger partial charge in [-0.15, -0.1) is 0 Å². The molecule has 2 aromatic rings.